The van der Waals surface area contributed by atoms with Crippen LogP contribution in [0.15, 0.2) is 61.4 Å². The van der Waals surface area contributed by atoms with E-state index in [1.165, 1.54) is 13.8 Å². The van der Waals surface area contributed by atoms with Crippen LogP contribution in [0.5, 0.6) is 0 Å². The first-order chi connectivity index (χ1) is 30.7. The monoisotopic (exact) mass is 938 g/mol. The molecule has 6 aromatic rings. The second-order valence-electron chi connectivity index (χ2n) is 20.2. The lowest BCUT2D eigenvalue weighted by atomic mass is 10.0. The van der Waals surface area contributed by atoms with Crippen molar-refractivity contribution in [2.75, 3.05) is 13.2 Å². The van der Waals surface area contributed by atoms with Crippen LogP contribution in [0.25, 0.3) is 48.9 Å². The maximum absolute atomic E-state index is 14.7. The van der Waals surface area contributed by atoms with Crippen molar-refractivity contribution in [1.29, 1.82) is 0 Å². The van der Waals surface area contributed by atoms with E-state index >= 15 is 0 Å². The van der Waals surface area contributed by atoms with E-state index in [1.807, 2.05) is 24.5 Å². The van der Waals surface area contributed by atoms with Crippen molar-refractivity contribution in [3.63, 3.8) is 0 Å². The Bertz CT molecular complexity index is 2900. The van der Waals surface area contributed by atoms with E-state index in [4.69, 9.17) is 14.3 Å². The molecule has 0 saturated carbocycles. The maximum Gasteiger partial charge on any atom is 0.478 e. The van der Waals surface area contributed by atoms with Gasteiger partial charge in [0, 0.05) is 105 Å². The number of aromatic nitrogens is 6. The van der Waals surface area contributed by atoms with Crippen molar-refractivity contribution in [1.82, 2.24) is 28.7 Å². The van der Waals surface area contributed by atoms with Crippen LogP contribution in [0.3, 0.4) is 0 Å². The summed E-state index contributed by atoms with van der Waals surface area (Å²) in [6, 6.07) is 11.8. The Labute approximate surface area is 388 Å². The summed E-state index contributed by atoms with van der Waals surface area (Å²) in [5.74, 6) is 11.5. The molecule has 0 spiro atoms. The molecule has 2 aromatic carbocycles. The predicted molar refractivity (Wildman–Crippen MR) is 263 cm³/mol. The van der Waals surface area contributed by atoms with Crippen molar-refractivity contribution < 1.29 is 32.9 Å². The van der Waals surface area contributed by atoms with E-state index in [0.29, 0.717) is 54.1 Å². The summed E-state index contributed by atoms with van der Waals surface area (Å²) in [5, 5.41) is 31.4. The fourth-order valence-electron chi connectivity index (χ4n) is 7.21. The van der Waals surface area contributed by atoms with Gasteiger partial charge < -0.3 is 24.1 Å². The molecular formula is C50H63F3N7O4Si2+. The molecule has 1 unspecified atom stereocenters. The van der Waals surface area contributed by atoms with Crippen LogP contribution in [0.1, 0.15) is 70.1 Å². The molecule has 11 nitrogen and oxygen atoms in total. The highest BCUT2D eigenvalue weighted by Gasteiger charge is 2.35. The second kappa shape index (κ2) is 19.5. The zero-order valence-electron chi connectivity index (χ0n) is 40.3. The summed E-state index contributed by atoms with van der Waals surface area (Å²) in [4.78, 5) is 4.91. The molecule has 0 amide bonds. The molecule has 0 aliphatic carbocycles. The molecule has 0 aliphatic heterocycles. The topological polar surface area (TPSA) is 109 Å². The molecule has 6 rings (SSSR count). The number of nitrogens with zero attached hydrogens (tertiary/aromatic N) is 7. The van der Waals surface area contributed by atoms with Gasteiger partial charge in [0.2, 0.25) is 0 Å². The van der Waals surface area contributed by atoms with Gasteiger partial charge in [-0.3, -0.25) is 4.74 Å². The summed E-state index contributed by atoms with van der Waals surface area (Å²) in [7, 11) is -2.80. The molecule has 350 valence electrons. The fourth-order valence-corrected chi connectivity index (χ4v) is 8.70. The van der Waals surface area contributed by atoms with Crippen LogP contribution in [0.4, 0.5) is 13.2 Å². The second-order valence-corrected chi connectivity index (χ2v) is 31.4. The van der Waals surface area contributed by atoms with Crippen LogP contribution in [0, 0.1) is 29.8 Å². The molecule has 0 aliphatic rings. The molecule has 0 saturated heterocycles. The van der Waals surface area contributed by atoms with Crippen molar-refractivity contribution in [3.05, 3.63) is 88.5 Å². The highest BCUT2D eigenvalue weighted by Crippen LogP contribution is 2.41. The quantitative estimate of drug-likeness (QED) is 0.0640. The zero-order chi connectivity index (χ0) is 48.4. The Hall–Kier alpha value is -5.39. The number of ether oxygens (including phenoxy) is 2. The number of hydrogen-bond donors (Lipinski definition) is 2. The lowest BCUT2D eigenvalue weighted by molar-refractivity contribution is -0.136. The standard InChI is InChI=1S/C50H63F3N7O4Si2/c1-13-57-32-42(38-28-55-59(30-38)34-63-19-21-65(7,8)9)40-24-35(15-17-48(3,4)61)23-37(45(40)57)27-54-47(64-20-22-66(10,11)12)60-31-39(29-56-60)43-33-58(14-2)46-41(43)25-36(16-18-49(5,6)62)26-44(46)50(51,52)53/h23-26,28-33,47,61-62H,13-14,19-22,34H2,1-12H3/q+1. The van der Waals surface area contributed by atoms with E-state index in [-0.39, 0.29) is 17.6 Å². The lowest BCUT2D eigenvalue weighted by Gasteiger charge is -2.15. The van der Waals surface area contributed by atoms with Gasteiger partial charge in [-0.15, -0.1) is 0 Å². The van der Waals surface area contributed by atoms with Crippen LogP contribution in [0.2, 0.25) is 51.4 Å². The van der Waals surface area contributed by atoms with Gasteiger partial charge in [0.25, 0.3) is 0 Å². The molecule has 4 aromatic heterocycles. The van der Waals surface area contributed by atoms with Crippen LogP contribution >= 0.6 is 0 Å². The van der Waals surface area contributed by atoms with Crippen molar-refractivity contribution >= 4 is 38.0 Å². The minimum atomic E-state index is -4.66. The average Bonchev–Trinajstić information content (AvgIpc) is 4.02. The van der Waals surface area contributed by atoms with Gasteiger partial charge in [0.05, 0.1) is 35.6 Å². The number of benzene rings is 2. The van der Waals surface area contributed by atoms with Gasteiger partial charge in [0.15, 0.2) is 0 Å². The average molecular weight is 939 g/mol. The van der Waals surface area contributed by atoms with Crippen LogP contribution in [-0.4, -0.2) is 79.5 Å². The van der Waals surface area contributed by atoms with Crippen molar-refractivity contribution in [2.24, 2.45) is 0 Å². The van der Waals surface area contributed by atoms with E-state index in [0.717, 1.165) is 40.2 Å². The SMILES string of the molecule is CCn1cc(-c2cnn(COCC[Si](C)(C)C)c2)c2cc(C#CC(C)(C)O)cc(C#[N+]C(OCC[Si](C)(C)C)n3cc(-c4cn(CC)c5c(C(F)(F)F)cc(C#CC(C)(C)O)cc45)cn3)c21. The van der Waals surface area contributed by atoms with Gasteiger partial charge in [0.1, 0.15) is 23.5 Å². The zero-order valence-corrected chi connectivity index (χ0v) is 42.3. The molecule has 0 bridgehead atoms. The van der Waals surface area contributed by atoms with E-state index in [2.05, 4.69) is 96.9 Å². The minimum absolute atomic E-state index is 0.0314. The minimum Gasteiger partial charge on any atom is -0.378 e. The Morgan fingerprint density at radius 2 is 1.24 bits per heavy atom. The number of aryl methyl sites for hydroxylation is 2. The highest BCUT2D eigenvalue weighted by molar-refractivity contribution is 6.76. The van der Waals surface area contributed by atoms with Crippen molar-refractivity contribution in [3.8, 4) is 52.0 Å². The van der Waals surface area contributed by atoms with Gasteiger partial charge in [-0.25, -0.2) is 4.68 Å². The van der Waals surface area contributed by atoms with Gasteiger partial charge in [-0.2, -0.15) is 28.1 Å². The molecule has 0 radical (unpaired) electrons. The predicted octanol–water partition coefficient (Wildman–Crippen LogP) is 11.1. The Kier molecular flexibility index (Phi) is 14.7. The molecule has 66 heavy (non-hydrogen) atoms. The molecule has 16 heteroatoms. The summed E-state index contributed by atoms with van der Waals surface area (Å²) >= 11 is 0. The first-order valence-electron chi connectivity index (χ1n) is 22.4. The molecular weight excluding hydrogens is 876 g/mol. The van der Waals surface area contributed by atoms with Crippen LogP contribution < -0.4 is 0 Å². The molecule has 4 heterocycles. The number of halogens is 3. The van der Waals surface area contributed by atoms with E-state index < -0.39 is 45.4 Å². The summed E-state index contributed by atoms with van der Waals surface area (Å²) < 4.78 is 63.6. The number of hydrogen-bond acceptors (Lipinski definition) is 6. The fraction of sp³-hybridized carbons (Fsp3) is 0.460. The third kappa shape index (κ3) is 12.9. The van der Waals surface area contributed by atoms with Gasteiger partial charge in [-0.05, 0) is 82.7 Å². The number of alkyl halides is 3. The van der Waals surface area contributed by atoms with E-state index in [1.54, 1.807) is 59.4 Å². The summed E-state index contributed by atoms with van der Waals surface area (Å²) in [6.45, 7) is 26.1. The van der Waals surface area contributed by atoms with Gasteiger partial charge in [-0.1, -0.05) is 63.0 Å². The van der Waals surface area contributed by atoms with E-state index in [9.17, 15) is 23.4 Å². The van der Waals surface area contributed by atoms with Crippen molar-refractivity contribution in [2.45, 2.75) is 136 Å². The molecule has 1 atom stereocenters. The molecule has 2 N–H and O–H groups in total. The first kappa shape index (κ1) is 50.0. The number of rotatable bonds is 14. The normalized spacial score (nSPS) is 13.0. The van der Waals surface area contributed by atoms with Gasteiger partial charge >= 0.3 is 18.6 Å². The number of aliphatic hydroxyl groups is 2. The third-order valence-corrected chi connectivity index (χ3v) is 14.1. The number of fused-ring (bicyclic) bond motifs is 2. The molecule has 0 fully saturated rings. The smallest absolute Gasteiger partial charge is 0.378 e. The third-order valence-electron chi connectivity index (χ3n) is 10.7. The highest BCUT2D eigenvalue weighted by atomic mass is 28.3. The Balaban J connectivity index is 1.47. The Morgan fingerprint density at radius 1 is 0.712 bits per heavy atom. The summed E-state index contributed by atoms with van der Waals surface area (Å²) in [5.41, 5.74) is 1.77. The maximum atomic E-state index is 14.7. The lowest BCUT2D eigenvalue weighted by Crippen LogP contribution is -2.23. The van der Waals surface area contributed by atoms with Crippen LogP contribution in [-0.2, 0) is 35.5 Å². The summed E-state index contributed by atoms with van der Waals surface area (Å²) in [6.07, 6.45) is 5.24. The Morgan fingerprint density at radius 3 is 1.80 bits per heavy atom. The first-order valence-corrected chi connectivity index (χ1v) is 29.8. The largest absolute Gasteiger partial charge is 0.478 e.